The van der Waals surface area contributed by atoms with Gasteiger partial charge in [-0.15, -0.1) is 0 Å². The average molecular weight is 219 g/mol. The van der Waals surface area contributed by atoms with Crippen molar-refractivity contribution < 1.29 is 14.7 Å². The third-order valence-corrected chi connectivity index (χ3v) is 2.76. The summed E-state index contributed by atoms with van der Waals surface area (Å²) in [4.78, 5) is 22.2. The second-order valence-corrected chi connectivity index (χ2v) is 3.93. The molecule has 1 aliphatic carbocycles. The highest BCUT2D eigenvalue weighted by Crippen LogP contribution is 2.23. The number of aryl methyl sites for hydroxylation is 1. The van der Waals surface area contributed by atoms with Crippen molar-refractivity contribution in [2.45, 2.75) is 25.7 Å². The van der Waals surface area contributed by atoms with Gasteiger partial charge in [0.05, 0.1) is 0 Å². The molecular formula is C12H13NO3. The van der Waals surface area contributed by atoms with Gasteiger partial charge < -0.3 is 5.11 Å². The smallest absolute Gasteiger partial charge is 0.409 e. The Hall–Kier alpha value is -1.84. The van der Waals surface area contributed by atoms with Crippen LogP contribution in [0, 0.1) is 0 Å². The molecule has 1 aromatic carbocycles. The minimum absolute atomic E-state index is 0.161. The van der Waals surface area contributed by atoms with Gasteiger partial charge in [-0.1, -0.05) is 0 Å². The minimum Gasteiger partial charge on any atom is -0.465 e. The SMILES string of the molecule is O=C(O)Nc1ccc2c(c1)CCCCC2=O. The summed E-state index contributed by atoms with van der Waals surface area (Å²) in [5.74, 6) is 0.161. The van der Waals surface area contributed by atoms with E-state index in [1.807, 2.05) is 0 Å². The van der Waals surface area contributed by atoms with Crippen molar-refractivity contribution in [2.24, 2.45) is 0 Å². The summed E-state index contributed by atoms with van der Waals surface area (Å²) in [6, 6.07) is 5.11. The molecule has 2 rings (SSSR count). The fourth-order valence-electron chi connectivity index (χ4n) is 2.01. The van der Waals surface area contributed by atoms with Gasteiger partial charge in [0, 0.05) is 17.7 Å². The van der Waals surface area contributed by atoms with Gasteiger partial charge in [-0.25, -0.2) is 4.79 Å². The largest absolute Gasteiger partial charge is 0.465 e. The molecule has 4 nitrogen and oxygen atoms in total. The first-order chi connectivity index (χ1) is 7.66. The van der Waals surface area contributed by atoms with Gasteiger partial charge in [-0.05, 0) is 43.0 Å². The van der Waals surface area contributed by atoms with Crippen LogP contribution in [0.15, 0.2) is 18.2 Å². The summed E-state index contributed by atoms with van der Waals surface area (Å²) in [7, 11) is 0. The number of benzene rings is 1. The van der Waals surface area contributed by atoms with Crippen LogP contribution in [-0.4, -0.2) is 17.0 Å². The quantitative estimate of drug-likeness (QED) is 0.713. The third kappa shape index (κ3) is 2.21. The average Bonchev–Trinajstić information content (AvgIpc) is 2.40. The lowest BCUT2D eigenvalue weighted by Crippen LogP contribution is -2.08. The van der Waals surface area contributed by atoms with Crippen LogP contribution in [0.5, 0.6) is 0 Å². The molecular weight excluding hydrogens is 206 g/mol. The summed E-state index contributed by atoms with van der Waals surface area (Å²) in [5, 5.41) is 10.9. The van der Waals surface area contributed by atoms with Crippen molar-refractivity contribution in [3.8, 4) is 0 Å². The molecule has 0 saturated carbocycles. The number of rotatable bonds is 1. The van der Waals surface area contributed by atoms with Crippen LogP contribution in [0.25, 0.3) is 0 Å². The molecule has 1 aliphatic rings. The first kappa shape index (κ1) is 10.7. The molecule has 0 heterocycles. The second kappa shape index (κ2) is 4.35. The maximum atomic E-state index is 11.7. The van der Waals surface area contributed by atoms with Crippen LogP contribution in [0.4, 0.5) is 10.5 Å². The predicted molar refractivity (Wildman–Crippen MR) is 60.0 cm³/mol. The van der Waals surface area contributed by atoms with Gasteiger partial charge in [0.15, 0.2) is 5.78 Å². The summed E-state index contributed by atoms with van der Waals surface area (Å²) in [6.45, 7) is 0. The molecule has 16 heavy (non-hydrogen) atoms. The molecule has 4 heteroatoms. The van der Waals surface area contributed by atoms with Crippen LogP contribution in [0.2, 0.25) is 0 Å². The van der Waals surface area contributed by atoms with Gasteiger partial charge in [0.25, 0.3) is 0 Å². The highest BCUT2D eigenvalue weighted by Gasteiger charge is 2.15. The number of ketones is 1. The topological polar surface area (TPSA) is 66.4 Å². The van der Waals surface area contributed by atoms with E-state index in [4.69, 9.17) is 5.11 Å². The number of fused-ring (bicyclic) bond motifs is 1. The molecule has 0 aliphatic heterocycles. The van der Waals surface area contributed by atoms with E-state index in [0.717, 1.165) is 30.4 Å². The molecule has 2 N–H and O–H groups in total. The number of carbonyl (C=O) groups excluding carboxylic acids is 1. The standard InChI is InChI=1S/C12H13NO3/c14-11-4-2-1-3-8-7-9(13-12(15)16)5-6-10(8)11/h5-7,13H,1-4H2,(H,15,16). The lowest BCUT2D eigenvalue weighted by atomic mass is 10.0. The molecule has 0 saturated heterocycles. The number of amides is 1. The second-order valence-electron chi connectivity index (χ2n) is 3.93. The van der Waals surface area contributed by atoms with Crippen molar-refractivity contribution in [2.75, 3.05) is 5.32 Å². The Morgan fingerprint density at radius 1 is 1.25 bits per heavy atom. The normalized spacial score (nSPS) is 15.1. The molecule has 0 atom stereocenters. The van der Waals surface area contributed by atoms with E-state index >= 15 is 0 Å². The number of carboxylic acid groups (broad SMARTS) is 1. The summed E-state index contributed by atoms with van der Waals surface area (Å²) in [6.07, 6.45) is 2.25. The van der Waals surface area contributed by atoms with Crippen LogP contribution < -0.4 is 5.32 Å². The molecule has 0 radical (unpaired) electrons. The van der Waals surface area contributed by atoms with E-state index in [1.54, 1.807) is 18.2 Å². The first-order valence-corrected chi connectivity index (χ1v) is 5.33. The van der Waals surface area contributed by atoms with Gasteiger partial charge >= 0.3 is 6.09 Å². The number of hydrogen-bond acceptors (Lipinski definition) is 2. The molecule has 0 unspecified atom stereocenters. The molecule has 1 aromatic rings. The predicted octanol–water partition coefficient (Wildman–Crippen LogP) is 2.69. The maximum absolute atomic E-state index is 11.7. The Morgan fingerprint density at radius 2 is 2.00 bits per heavy atom. The third-order valence-electron chi connectivity index (χ3n) is 2.76. The number of nitrogens with one attached hydrogen (secondary N) is 1. The number of hydrogen-bond donors (Lipinski definition) is 2. The Labute approximate surface area is 93.3 Å². The lowest BCUT2D eigenvalue weighted by molar-refractivity contribution is 0.0982. The van der Waals surface area contributed by atoms with Crippen LogP contribution in [0.1, 0.15) is 35.2 Å². The van der Waals surface area contributed by atoms with E-state index < -0.39 is 6.09 Å². The van der Waals surface area contributed by atoms with Crippen LogP contribution >= 0.6 is 0 Å². The minimum atomic E-state index is -1.08. The Balaban J connectivity index is 2.33. The van der Waals surface area contributed by atoms with Crippen LogP contribution in [0.3, 0.4) is 0 Å². The Morgan fingerprint density at radius 3 is 2.75 bits per heavy atom. The van der Waals surface area contributed by atoms with E-state index in [1.165, 1.54) is 0 Å². The van der Waals surface area contributed by atoms with Gasteiger partial charge in [0.1, 0.15) is 0 Å². The summed E-state index contributed by atoms with van der Waals surface area (Å²) < 4.78 is 0. The van der Waals surface area contributed by atoms with E-state index in [0.29, 0.717) is 12.1 Å². The molecule has 0 spiro atoms. The monoisotopic (exact) mass is 219 g/mol. The maximum Gasteiger partial charge on any atom is 0.409 e. The zero-order valence-electron chi connectivity index (χ0n) is 8.82. The van der Waals surface area contributed by atoms with Gasteiger partial charge in [-0.2, -0.15) is 0 Å². The highest BCUT2D eigenvalue weighted by atomic mass is 16.4. The fourth-order valence-corrected chi connectivity index (χ4v) is 2.01. The fraction of sp³-hybridized carbons (Fsp3) is 0.333. The highest BCUT2D eigenvalue weighted by molar-refractivity contribution is 5.98. The van der Waals surface area contributed by atoms with Crippen molar-refractivity contribution in [1.82, 2.24) is 0 Å². The van der Waals surface area contributed by atoms with Crippen LogP contribution in [-0.2, 0) is 6.42 Å². The zero-order valence-corrected chi connectivity index (χ0v) is 8.82. The van der Waals surface area contributed by atoms with Crippen molar-refractivity contribution in [3.63, 3.8) is 0 Å². The first-order valence-electron chi connectivity index (χ1n) is 5.33. The Bertz CT molecular complexity index is 440. The van der Waals surface area contributed by atoms with Crippen molar-refractivity contribution in [3.05, 3.63) is 29.3 Å². The summed E-state index contributed by atoms with van der Waals surface area (Å²) >= 11 is 0. The van der Waals surface area contributed by atoms with Gasteiger partial charge in [0.2, 0.25) is 0 Å². The van der Waals surface area contributed by atoms with Gasteiger partial charge in [-0.3, -0.25) is 10.1 Å². The molecule has 0 fully saturated rings. The number of carbonyl (C=O) groups is 2. The van der Waals surface area contributed by atoms with Crippen molar-refractivity contribution in [1.29, 1.82) is 0 Å². The van der Waals surface area contributed by atoms with E-state index in [9.17, 15) is 9.59 Å². The summed E-state index contributed by atoms with van der Waals surface area (Å²) in [5.41, 5.74) is 2.23. The molecule has 0 bridgehead atoms. The number of Topliss-reactive ketones (excluding diaryl/α,β-unsaturated/α-hetero) is 1. The lowest BCUT2D eigenvalue weighted by Gasteiger charge is -2.07. The molecule has 84 valence electrons. The number of anilines is 1. The Kier molecular flexibility index (Phi) is 2.90. The molecule has 0 aromatic heterocycles. The zero-order chi connectivity index (χ0) is 11.5. The van der Waals surface area contributed by atoms with E-state index in [2.05, 4.69) is 5.32 Å². The van der Waals surface area contributed by atoms with Crippen molar-refractivity contribution >= 4 is 17.6 Å². The molecule has 1 amide bonds. The van der Waals surface area contributed by atoms with E-state index in [-0.39, 0.29) is 5.78 Å².